The van der Waals surface area contributed by atoms with Crippen molar-refractivity contribution in [2.75, 3.05) is 0 Å². The number of hydrogen-bond acceptors (Lipinski definition) is 3. The molecule has 1 aromatic carbocycles. The molecule has 0 radical (unpaired) electrons. The van der Waals surface area contributed by atoms with Crippen molar-refractivity contribution in [2.45, 2.75) is 19.4 Å². The number of rotatable bonds is 4. The molecule has 1 unspecified atom stereocenters. The fraction of sp³-hybridized carbons (Fsp3) is 0.273. The van der Waals surface area contributed by atoms with Crippen molar-refractivity contribution in [1.29, 1.82) is 0 Å². The van der Waals surface area contributed by atoms with Gasteiger partial charge in [0.1, 0.15) is 0 Å². The molecule has 0 bridgehead atoms. The first-order valence-corrected chi connectivity index (χ1v) is 4.91. The molecule has 86 valence electrons. The van der Waals surface area contributed by atoms with Crippen LogP contribution < -0.4 is 11.2 Å². The largest absolute Gasteiger partial charge is 0.388 e. The number of aliphatic hydroxyl groups is 1. The number of nitrogens with two attached hydrogens (primary N) is 1. The summed E-state index contributed by atoms with van der Waals surface area (Å²) < 4.78 is 0. The quantitative estimate of drug-likeness (QED) is 0.526. The van der Waals surface area contributed by atoms with Gasteiger partial charge in [0, 0.05) is 12.1 Å². The lowest BCUT2D eigenvalue weighted by atomic mass is 10.0. The lowest BCUT2D eigenvalue weighted by Gasteiger charge is -2.10. The van der Waals surface area contributed by atoms with Crippen molar-refractivity contribution in [3.8, 4) is 0 Å². The summed E-state index contributed by atoms with van der Waals surface area (Å²) in [4.78, 5) is 10.4. The summed E-state index contributed by atoms with van der Waals surface area (Å²) in [5, 5.41) is 13.6. The van der Waals surface area contributed by atoms with E-state index in [4.69, 9.17) is 5.73 Å². The molecule has 1 atom stereocenters. The average Bonchev–Trinajstić information content (AvgIpc) is 2.27. The first-order chi connectivity index (χ1) is 7.59. The van der Waals surface area contributed by atoms with E-state index in [0.717, 1.165) is 5.56 Å². The summed E-state index contributed by atoms with van der Waals surface area (Å²) in [5.74, 6) is 0. The number of benzene rings is 1. The standard InChI is InChI=1S/C11H15N3O2/c1-8(13-14-11(12)16)7-10(15)9-5-3-2-4-6-9/h2-6,10,15H,7H2,1H3,(H3,12,14,16)/b13-8+. The van der Waals surface area contributed by atoms with Gasteiger partial charge in [-0.1, -0.05) is 30.3 Å². The van der Waals surface area contributed by atoms with E-state index in [1.54, 1.807) is 6.92 Å². The Kier molecular flexibility index (Phi) is 4.47. The molecule has 16 heavy (non-hydrogen) atoms. The second-order valence-corrected chi connectivity index (χ2v) is 3.45. The summed E-state index contributed by atoms with van der Waals surface area (Å²) in [6, 6.07) is 8.54. The van der Waals surface area contributed by atoms with Crippen LogP contribution in [0.2, 0.25) is 0 Å². The van der Waals surface area contributed by atoms with E-state index in [0.29, 0.717) is 12.1 Å². The Labute approximate surface area is 94.0 Å². The normalized spacial score (nSPS) is 13.2. The lowest BCUT2D eigenvalue weighted by molar-refractivity contribution is 0.186. The Bertz CT molecular complexity index is 376. The second-order valence-electron chi connectivity index (χ2n) is 3.45. The van der Waals surface area contributed by atoms with Crippen LogP contribution in [0.3, 0.4) is 0 Å². The third kappa shape index (κ3) is 4.10. The minimum Gasteiger partial charge on any atom is -0.388 e. The Morgan fingerprint density at radius 3 is 2.69 bits per heavy atom. The van der Waals surface area contributed by atoms with Gasteiger partial charge in [0.2, 0.25) is 0 Å². The number of aliphatic hydroxyl groups excluding tert-OH is 1. The van der Waals surface area contributed by atoms with Crippen LogP contribution in [0, 0.1) is 0 Å². The van der Waals surface area contributed by atoms with Crippen LogP contribution in [0.4, 0.5) is 4.79 Å². The van der Waals surface area contributed by atoms with Crippen LogP contribution in [0.25, 0.3) is 0 Å². The Balaban J connectivity index is 2.54. The highest BCUT2D eigenvalue weighted by Gasteiger charge is 2.08. The first-order valence-electron chi connectivity index (χ1n) is 4.91. The summed E-state index contributed by atoms with van der Waals surface area (Å²) in [6.45, 7) is 1.71. The number of carbonyl (C=O) groups is 1. The van der Waals surface area contributed by atoms with Gasteiger partial charge in [0.15, 0.2) is 0 Å². The number of urea groups is 1. The molecular weight excluding hydrogens is 206 g/mol. The number of nitrogens with zero attached hydrogens (tertiary/aromatic N) is 1. The van der Waals surface area contributed by atoms with E-state index < -0.39 is 12.1 Å². The SMILES string of the molecule is C/C(CC(O)c1ccccc1)=N\NC(N)=O. The summed E-state index contributed by atoms with van der Waals surface area (Å²) in [5.41, 5.74) is 8.40. The third-order valence-corrected chi connectivity index (χ3v) is 2.03. The zero-order valence-electron chi connectivity index (χ0n) is 9.05. The molecule has 5 nitrogen and oxygen atoms in total. The molecular formula is C11H15N3O2. The van der Waals surface area contributed by atoms with E-state index in [-0.39, 0.29) is 0 Å². The predicted octanol–water partition coefficient (Wildman–Crippen LogP) is 1.15. The second kappa shape index (κ2) is 5.87. The minimum atomic E-state index is -0.714. The number of nitrogens with one attached hydrogen (secondary N) is 1. The van der Waals surface area contributed by atoms with Crippen molar-refractivity contribution in [3.63, 3.8) is 0 Å². The zero-order valence-corrected chi connectivity index (χ0v) is 9.05. The monoisotopic (exact) mass is 221 g/mol. The molecule has 1 aromatic rings. The number of hydrogen-bond donors (Lipinski definition) is 3. The van der Waals surface area contributed by atoms with Gasteiger partial charge in [-0.05, 0) is 12.5 Å². The van der Waals surface area contributed by atoms with Crippen molar-refractivity contribution >= 4 is 11.7 Å². The molecule has 2 amide bonds. The molecule has 0 aliphatic heterocycles. The Hall–Kier alpha value is -1.88. The van der Waals surface area contributed by atoms with Crippen LogP contribution in [-0.4, -0.2) is 16.8 Å². The molecule has 4 N–H and O–H groups in total. The maximum atomic E-state index is 10.4. The van der Waals surface area contributed by atoms with Crippen LogP contribution in [0.5, 0.6) is 0 Å². The fourth-order valence-electron chi connectivity index (χ4n) is 1.27. The van der Waals surface area contributed by atoms with Gasteiger partial charge in [-0.3, -0.25) is 0 Å². The lowest BCUT2D eigenvalue weighted by Crippen LogP contribution is -2.25. The third-order valence-electron chi connectivity index (χ3n) is 2.03. The molecule has 0 aromatic heterocycles. The number of primary amides is 1. The Morgan fingerprint density at radius 2 is 2.12 bits per heavy atom. The molecule has 1 rings (SSSR count). The van der Waals surface area contributed by atoms with Gasteiger partial charge in [0.25, 0.3) is 0 Å². The van der Waals surface area contributed by atoms with E-state index >= 15 is 0 Å². The van der Waals surface area contributed by atoms with Crippen molar-refractivity contribution < 1.29 is 9.90 Å². The summed E-state index contributed by atoms with van der Waals surface area (Å²) in [6.07, 6.45) is -0.274. The molecule has 0 spiro atoms. The zero-order chi connectivity index (χ0) is 12.0. The van der Waals surface area contributed by atoms with Crippen LogP contribution >= 0.6 is 0 Å². The summed E-state index contributed by atoms with van der Waals surface area (Å²) >= 11 is 0. The highest BCUT2D eigenvalue weighted by atomic mass is 16.3. The number of hydrazone groups is 1. The van der Waals surface area contributed by atoms with E-state index in [1.165, 1.54) is 0 Å². The van der Waals surface area contributed by atoms with Gasteiger partial charge < -0.3 is 10.8 Å². The van der Waals surface area contributed by atoms with Gasteiger partial charge in [0.05, 0.1) is 6.10 Å². The number of carbonyl (C=O) groups excluding carboxylic acids is 1. The van der Waals surface area contributed by atoms with E-state index in [9.17, 15) is 9.90 Å². The maximum Gasteiger partial charge on any atom is 0.332 e. The molecule has 0 aliphatic rings. The van der Waals surface area contributed by atoms with Crippen LogP contribution in [-0.2, 0) is 0 Å². The topological polar surface area (TPSA) is 87.7 Å². The molecule has 0 saturated carbocycles. The van der Waals surface area contributed by atoms with Crippen molar-refractivity contribution in [2.24, 2.45) is 10.8 Å². The predicted molar refractivity (Wildman–Crippen MR) is 61.8 cm³/mol. The molecule has 0 aliphatic carbocycles. The Morgan fingerprint density at radius 1 is 1.50 bits per heavy atom. The highest BCUT2D eigenvalue weighted by Crippen LogP contribution is 2.16. The van der Waals surface area contributed by atoms with E-state index in [1.807, 2.05) is 30.3 Å². The van der Waals surface area contributed by atoms with Gasteiger partial charge >= 0.3 is 6.03 Å². The molecule has 0 saturated heterocycles. The van der Waals surface area contributed by atoms with Gasteiger partial charge in [-0.2, -0.15) is 5.10 Å². The van der Waals surface area contributed by atoms with Gasteiger partial charge in [-0.25, -0.2) is 10.2 Å². The first kappa shape index (κ1) is 12.2. The minimum absolute atomic E-state index is 0.351. The van der Waals surface area contributed by atoms with Crippen LogP contribution in [0.15, 0.2) is 35.4 Å². The van der Waals surface area contributed by atoms with E-state index in [2.05, 4.69) is 10.5 Å². The fourth-order valence-corrected chi connectivity index (χ4v) is 1.27. The molecule has 5 heteroatoms. The van der Waals surface area contributed by atoms with Crippen molar-refractivity contribution in [1.82, 2.24) is 5.43 Å². The molecule has 0 heterocycles. The van der Waals surface area contributed by atoms with Gasteiger partial charge in [-0.15, -0.1) is 0 Å². The molecule has 0 fully saturated rings. The number of amides is 2. The maximum absolute atomic E-state index is 10.4. The summed E-state index contributed by atoms with van der Waals surface area (Å²) in [7, 11) is 0. The van der Waals surface area contributed by atoms with Crippen LogP contribution in [0.1, 0.15) is 25.0 Å². The smallest absolute Gasteiger partial charge is 0.332 e. The van der Waals surface area contributed by atoms with Crippen molar-refractivity contribution in [3.05, 3.63) is 35.9 Å². The average molecular weight is 221 g/mol. The highest BCUT2D eigenvalue weighted by molar-refractivity contribution is 5.84.